The summed E-state index contributed by atoms with van der Waals surface area (Å²) in [5.41, 5.74) is 6.96. The van der Waals surface area contributed by atoms with E-state index >= 15 is 0 Å². The number of nitrogens with two attached hydrogens (primary N) is 1. The Kier molecular flexibility index (Phi) is 6.82. The van der Waals surface area contributed by atoms with E-state index in [2.05, 4.69) is 34.7 Å². The van der Waals surface area contributed by atoms with Crippen LogP contribution in [0.1, 0.15) is 38.3 Å². The zero-order valence-electron chi connectivity index (χ0n) is 11.1. The summed E-state index contributed by atoms with van der Waals surface area (Å²) < 4.78 is 13.8. The zero-order valence-corrected chi connectivity index (χ0v) is 12.7. The van der Waals surface area contributed by atoms with E-state index in [1.165, 1.54) is 12.5 Å². The largest absolute Gasteiger partial charge is 0.329 e. The van der Waals surface area contributed by atoms with Gasteiger partial charge in [0, 0.05) is 12.6 Å². The third-order valence-electron chi connectivity index (χ3n) is 3.20. The lowest BCUT2D eigenvalue weighted by atomic mass is 10.0. The minimum Gasteiger partial charge on any atom is -0.329 e. The molecule has 2 N–H and O–H groups in total. The molecule has 0 aliphatic carbocycles. The molecule has 0 aromatic heterocycles. The molecule has 1 unspecified atom stereocenters. The van der Waals surface area contributed by atoms with Crippen molar-refractivity contribution in [3.8, 4) is 0 Å². The zero-order chi connectivity index (χ0) is 13.5. The molecule has 2 nitrogen and oxygen atoms in total. The first-order valence-electron chi connectivity index (χ1n) is 6.53. The molecule has 0 fully saturated rings. The van der Waals surface area contributed by atoms with Gasteiger partial charge in [-0.25, -0.2) is 4.39 Å². The van der Waals surface area contributed by atoms with E-state index < -0.39 is 0 Å². The molecule has 0 heterocycles. The van der Waals surface area contributed by atoms with E-state index in [1.807, 2.05) is 12.1 Å². The Balaban J connectivity index is 2.88. The molecule has 1 rings (SSSR count). The second-order valence-electron chi connectivity index (χ2n) is 4.41. The Labute approximate surface area is 117 Å². The molecule has 0 amide bonds. The van der Waals surface area contributed by atoms with Gasteiger partial charge < -0.3 is 5.73 Å². The summed E-state index contributed by atoms with van der Waals surface area (Å²) in [6.45, 7) is 6.85. The Morgan fingerprint density at radius 1 is 1.39 bits per heavy atom. The quantitative estimate of drug-likeness (QED) is 0.831. The fourth-order valence-electron chi connectivity index (χ4n) is 2.11. The molecule has 0 bridgehead atoms. The normalized spacial score (nSPS) is 13.0. The first-order chi connectivity index (χ1) is 8.63. The number of likely N-dealkylation sites (N-methyl/N-ethyl adjacent to an activating group) is 1. The molecule has 0 aliphatic rings. The van der Waals surface area contributed by atoms with Crippen LogP contribution in [0.15, 0.2) is 22.7 Å². The van der Waals surface area contributed by atoms with Gasteiger partial charge in [0.05, 0.1) is 4.47 Å². The Hall–Kier alpha value is -0.450. The lowest BCUT2D eigenvalue weighted by Crippen LogP contribution is -2.34. The van der Waals surface area contributed by atoms with Gasteiger partial charge in [-0.2, -0.15) is 0 Å². The van der Waals surface area contributed by atoms with Crippen molar-refractivity contribution in [3.05, 3.63) is 34.1 Å². The van der Waals surface area contributed by atoms with Crippen molar-refractivity contribution >= 4 is 15.9 Å². The minimum atomic E-state index is -0.230. The third-order valence-corrected chi connectivity index (χ3v) is 3.81. The maximum Gasteiger partial charge on any atom is 0.137 e. The number of nitrogens with zero attached hydrogens (tertiary/aromatic N) is 1. The van der Waals surface area contributed by atoms with E-state index in [0.29, 0.717) is 11.0 Å². The van der Waals surface area contributed by atoms with Gasteiger partial charge >= 0.3 is 0 Å². The standard InChI is InChI=1S/C14H22BrFN2/c1-3-5-8-18(4-2)14(10-17)11-6-7-13(16)12(15)9-11/h6-7,9,14H,3-5,8,10,17H2,1-2H3. The van der Waals surface area contributed by atoms with Gasteiger partial charge in [0.15, 0.2) is 0 Å². The smallest absolute Gasteiger partial charge is 0.137 e. The topological polar surface area (TPSA) is 29.3 Å². The minimum absolute atomic E-state index is 0.165. The van der Waals surface area contributed by atoms with E-state index in [9.17, 15) is 4.39 Å². The van der Waals surface area contributed by atoms with Crippen LogP contribution in [0.3, 0.4) is 0 Å². The van der Waals surface area contributed by atoms with Crippen molar-refractivity contribution in [2.45, 2.75) is 32.7 Å². The predicted octanol–water partition coefficient (Wildman–Crippen LogP) is 3.71. The summed E-state index contributed by atoms with van der Waals surface area (Å²) in [5, 5.41) is 0. The van der Waals surface area contributed by atoms with Crippen LogP contribution in [0.5, 0.6) is 0 Å². The summed E-state index contributed by atoms with van der Waals surface area (Å²) in [6, 6.07) is 5.32. The van der Waals surface area contributed by atoms with Gasteiger partial charge in [-0.05, 0) is 53.1 Å². The highest BCUT2D eigenvalue weighted by molar-refractivity contribution is 9.10. The lowest BCUT2D eigenvalue weighted by Gasteiger charge is -2.30. The summed E-state index contributed by atoms with van der Waals surface area (Å²) in [7, 11) is 0. The van der Waals surface area contributed by atoms with Crippen LogP contribution in [0.4, 0.5) is 4.39 Å². The summed E-state index contributed by atoms with van der Waals surface area (Å²) in [5.74, 6) is -0.230. The number of rotatable bonds is 7. The fraction of sp³-hybridized carbons (Fsp3) is 0.571. The number of hydrogen-bond acceptors (Lipinski definition) is 2. The molecular weight excluding hydrogens is 295 g/mol. The molecule has 0 spiro atoms. The van der Waals surface area contributed by atoms with Crippen LogP contribution in [0.25, 0.3) is 0 Å². The number of benzene rings is 1. The van der Waals surface area contributed by atoms with Crippen molar-refractivity contribution < 1.29 is 4.39 Å². The van der Waals surface area contributed by atoms with E-state index in [1.54, 1.807) is 0 Å². The molecule has 1 aromatic rings. The van der Waals surface area contributed by atoms with Gasteiger partial charge in [0.1, 0.15) is 5.82 Å². The molecular formula is C14H22BrFN2. The second-order valence-corrected chi connectivity index (χ2v) is 5.26. The van der Waals surface area contributed by atoms with Crippen LogP contribution < -0.4 is 5.73 Å². The van der Waals surface area contributed by atoms with Gasteiger partial charge in [0.2, 0.25) is 0 Å². The Morgan fingerprint density at radius 2 is 2.11 bits per heavy atom. The number of halogens is 2. The molecule has 18 heavy (non-hydrogen) atoms. The Bertz CT molecular complexity index is 371. The SMILES string of the molecule is CCCCN(CC)C(CN)c1ccc(F)c(Br)c1. The predicted molar refractivity (Wildman–Crippen MR) is 78.1 cm³/mol. The average molecular weight is 317 g/mol. The number of unbranched alkanes of at least 4 members (excludes halogenated alkanes) is 1. The highest BCUT2D eigenvalue weighted by Crippen LogP contribution is 2.25. The van der Waals surface area contributed by atoms with E-state index in [0.717, 1.165) is 25.1 Å². The van der Waals surface area contributed by atoms with Crippen LogP contribution in [-0.2, 0) is 0 Å². The summed E-state index contributed by atoms with van der Waals surface area (Å²) >= 11 is 3.23. The van der Waals surface area contributed by atoms with Crippen LogP contribution in [0, 0.1) is 5.82 Å². The molecule has 1 atom stereocenters. The van der Waals surface area contributed by atoms with Crippen molar-refractivity contribution in [1.29, 1.82) is 0 Å². The van der Waals surface area contributed by atoms with Crippen LogP contribution in [0.2, 0.25) is 0 Å². The molecule has 4 heteroatoms. The van der Waals surface area contributed by atoms with E-state index in [4.69, 9.17) is 5.73 Å². The first kappa shape index (κ1) is 15.6. The van der Waals surface area contributed by atoms with E-state index in [-0.39, 0.29) is 11.9 Å². The average Bonchev–Trinajstić information content (AvgIpc) is 2.38. The first-order valence-corrected chi connectivity index (χ1v) is 7.32. The molecule has 0 aliphatic heterocycles. The van der Waals surface area contributed by atoms with Crippen molar-refractivity contribution in [2.75, 3.05) is 19.6 Å². The van der Waals surface area contributed by atoms with Crippen molar-refractivity contribution in [1.82, 2.24) is 4.90 Å². The third kappa shape index (κ3) is 4.04. The summed E-state index contributed by atoms with van der Waals surface area (Å²) in [4.78, 5) is 2.35. The summed E-state index contributed by atoms with van der Waals surface area (Å²) in [6.07, 6.45) is 2.33. The van der Waals surface area contributed by atoms with Gasteiger partial charge in [-0.3, -0.25) is 4.90 Å². The Morgan fingerprint density at radius 3 is 2.61 bits per heavy atom. The van der Waals surface area contributed by atoms with Gasteiger partial charge in [0.25, 0.3) is 0 Å². The molecule has 0 saturated carbocycles. The highest BCUT2D eigenvalue weighted by Gasteiger charge is 2.18. The van der Waals surface area contributed by atoms with Crippen molar-refractivity contribution in [2.24, 2.45) is 5.73 Å². The fourth-order valence-corrected chi connectivity index (χ4v) is 2.51. The van der Waals surface area contributed by atoms with Gasteiger partial charge in [-0.1, -0.05) is 26.3 Å². The number of hydrogen-bond donors (Lipinski definition) is 1. The van der Waals surface area contributed by atoms with Gasteiger partial charge in [-0.15, -0.1) is 0 Å². The second kappa shape index (κ2) is 7.87. The highest BCUT2D eigenvalue weighted by atomic mass is 79.9. The maximum atomic E-state index is 13.3. The maximum absolute atomic E-state index is 13.3. The molecule has 102 valence electrons. The molecule has 0 saturated heterocycles. The molecule has 0 radical (unpaired) electrons. The van der Waals surface area contributed by atoms with Crippen LogP contribution >= 0.6 is 15.9 Å². The lowest BCUT2D eigenvalue weighted by molar-refractivity contribution is 0.209. The van der Waals surface area contributed by atoms with Crippen LogP contribution in [-0.4, -0.2) is 24.5 Å². The van der Waals surface area contributed by atoms with Crippen molar-refractivity contribution in [3.63, 3.8) is 0 Å². The monoisotopic (exact) mass is 316 g/mol. The molecule has 1 aromatic carbocycles.